The second-order valence-electron chi connectivity index (χ2n) is 4.72. The lowest BCUT2D eigenvalue weighted by Crippen LogP contribution is -2.09. The van der Waals surface area contributed by atoms with Gasteiger partial charge in [0.25, 0.3) is 0 Å². The van der Waals surface area contributed by atoms with E-state index < -0.39 is 0 Å². The molecule has 1 unspecified atom stereocenters. The van der Waals surface area contributed by atoms with Crippen molar-refractivity contribution < 1.29 is 0 Å². The van der Waals surface area contributed by atoms with Crippen molar-refractivity contribution in [2.75, 3.05) is 11.1 Å². The maximum atomic E-state index is 4.05. The number of thioether (sulfide) groups is 1. The molecule has 1 aromatic heterocycles. The van der Waals surface area contributed by atoms with E-state index in [0.717, 1.165) is 22.3 Å². The molecule has 0 aliphatic carbocycles. The van der Waals surface area contributed by atoms with Crippen molar-refractivity contribution >= 4 is 28.4 Å². The maximum Gasteiger partial charge on any atom is 0.0651 e. The number of nitrogens with one attached hydrogen (secondary N) is 2. The van der Waals surface area contributed by atoms with Crippen LogP contribution in [0.2, 0.25) is 0 Å². The largest absolute Gasteiger partial charge is 0.377 e. The van der Waals surface area contributed by atoms with E-state index in [-0.39, 0.29) is 0 Å². The number of benzene rings is 2. The number of fused-ring (bicyclic) bond motifs is 2. The van der Waals surface area contributed by atoms with E-state index in [1.54, 1.807) is 0 Å². The highest BCUT2D eigenvalue weighted by Crippen LogP contribution is 2.39. The summed E-state index contributed by atoms with van der Waals surface area (Å²) in [6.45, 7) is 0. The SMILES string of the molecule is c1ccc2c(c1)SCC2Nc1ccc2[nH]ncc2c1. The van der Waals surface area contributed by atoms with Crippen LogP contribution in [0.25, 0.3) is 10.9 Å². The Bertz CT molecular complexity index is 735. The third-order valence-electron chi connectivity index (χ3n) is 3.48. The van der Waals surface area contributed by atoms with Crippen molar-refractivity contribution in [3.05, 3.63) is 54.2 Å². The lowest BCUT2D eigenvalue weighted by molar-refractivity contribution is 0.901. The van der Waals surface area contributed by atoms with Crippen LogP contribution in [-0.2, 0) is 0 Å². The van der Waals surface area contributed by atoms with Gasteiger partial charge in [-0.1, -0.05) is 18.2 Å². The second-order valence-corrected chi connectivity index (χ2v) is 5.78. The smallest absolute Gasteiger partial charge is 0.0651 e. The fourth-order valence-corrected chi connectivity index (χ4v) is 3.68. The molecule has 0 radical (unpaired) electrons. The van der Waals surface area contributed by atoms with Gasteiger partial charge < -0.3 is 5.32 Å². The number of hydrogen-bond acceptors (Lipinski definition) is 3. The minimum absolute atomic E-state index is 0.394. The molecule has 2 N–H and O–H groups in total. The van der Waals surface area contributed by atoms with Gasteiger partial charge in [-0.15, -0.1) is 11.8 Å². The molecule has 0 saturated carbocycles. The fourth-order valence-electron chi connectivity index (χ4n) is 2.52. The van der Waals surface area contributed by atoms with E-state index in [1.165, 1.54) is 10.5 Å². The Morgan fingerprint density at radius 2 is 2.16 bits per heavy atom. The summed E-state index contributed by atoms with van der Waals surface area (Å²) in [7, 11) is 0. The van der Waals surface area contributed by atoms with Crippen LogP contribution >= 0.6 is 11.8 Å². The summed E-state index contributed by atoms with van der Waals surface area (Å²) in [6.07, 6.45) is 1.86. The van der Waals surface area contributed by atoms with Gasteiger partial charge >= 0.3 is 0 Å². The van der Waals surface area contributed by atoms with Crippen LogP contribution in [0.3, 0.4) is 0 Å². The van der Waals surface area contributed by atoms with Gasteiger partial charge in [0.2, 0.25) is 0 Å². The van der Waals surface area contributed by atoms with Crippen LogP contribution in [0, 0.1) is 0 Å². The molecule has 4 heteroatoms. The standard InChI is InChI=1S/C15H13N3S/c1-2-4-15-12(3-1)14(9-19-15)17-11-5-6-13-10(7-11)8-16-18-13/h1-8,14,17H,9H2,(H,16,18). The third-order valence-corrected chi connectivity index (χ3v) is 4.66. The molecular weight excluding hydrogens is 254 g/mol. The van der Waals surface area contributed by atoms with Crippen LogP contribution < -0.4 is 5.32 Å². The van der Waals surface area contributed by atoms with Gasteiger partial charge in [0.15, 0.2) is 0 Å². The normalized spacial score (nSPS) is 17.6. The zero-order valence-corrected chi connectivity index (χ0v) is 11.1. The zero-order valence-electron chi connectivity index (χ0n) is 10.3. The maximum absolute atomic E-state index is 4.05. The van der Waals surface area contributed by atoms with E-state index in [9.17, 15) is 0 Å². The van der Waals surface area contributed by atoms with Gasteiger partial charge in [0.1, 0.15) is 0 Å². The van der Waals surface area contributed by atoms with Crippen LogP contribution in [0.4, 0.5) is 5.69 Å². The molecule has 19 heavy (non-hydrogen) atoms. The molecule has 3 nitrogen and oxygen atoms in total. The predicted octanol–water partition coefficient (Wildman–Crippen LogP) is 3.82. The Hall–Kier alpha value is -1.94. The molecule has 3 aromatic rings. The summed E-state index contributed by atoms with van der Waals surface area (Å²) in [6, 6.07) is 15.3. The monoisotopic (exact) mass is 267 g/mol. The summed E-state index contributed by atoms with van der Waals surface area (Å²) in [5, 5.41) is 11.8. The minimum atomic E-state index is 0.394. The Kier molecular flexibility index (Phi) is 2.48. The molecule has 1 aliphatic heterocycles. The summed E-state index contributed by atoms with van der Waals surface area (Å²) >= 11 is 1.92. The fraction of sp³-hybridized carbons (Fsp3) is 0.133. The average molecular weight is 267 g/mol. The summed E-state index contributed by atoms with van der Waals surface area (Å²) in [4.78, 5) is 1.39. The van der Waals surface area contributed by atoms with Gasteiger partial charge in [-0.25, -0.2) is 0 Å². The molecular formula is C15H13N3S. The van der Waals surface area contributed by atoms with Crippen molar-refractivity contribution in [2.45, 2.75) is 10.9 Å². The molecule has 0 amide bonds. The quantitative estimate of drug-likeness (QED) is 0.741. The lowest BCUT2D eigenvalue weighted by Gasteiger charge is -2.14. The van der Waals surface area contributed by atoms with Gasteiger partial charge in [-0.2, -0.15) is 5.10 Å². The number of nitrogens with zero attached hydrogens (tertiary/aromatic N) is 1. The Labute approximate surface area is 115 Å². The predicted molar refractivity (Wildman–Crippen MR) is 79.6 cm³/mol. The van der Waals surface area contributed by atoms with Crippen LogP contribution in [0.15, 0.2) is 53.6 Å². The van der Waals surface area contributed by atoms with Crippen molar-refractivity contribution in [1.29, 1.82) is 0 Å². The highest BCUT2D eigenvalue weighted by molar-refractivity contribution is 7.99. The number of aromatic nitrogens is 2. The number of anilines is 1. The average Bonchev–Trinajstić information content (AvgIpc) is 3.06. The first-order valence-electron chi connectivity index (χ1n) is 6.31. The lowest BCUT2D eigenvalue weighted by atomic mass is 10.1. The highest BCUT2D eigenvalue weighted by atomic mass is 32.2. The second kappa shape index (κ2) is 4.31. The molecule has 0 saturated heterocycles. The summed E-state index contributed by atoms with van der Waals surface area (Å²) < 4.78 is 0. The molecule has 94 valence electrons. The molecule has 0 spiro atoms. The first-order valence-corrected chi connectivity index (χ1v) is 7.30. The van der Waals surface area contributed by atoms with E-state index in [1.807, 2.05) is 18.0 Å². The highest BCUT2D eigenvalue weighted by Gasteiger charge is 2.22. The van der Waals surface area contributed by atoms with Crippen LogP contribution in [0.5, 0.6) is 0 Å². The third kappa shape index (κ3) is 1.88. The van der Waals surface area contributed by atoms with E-state index in [0.29, 0.717) is 6.04 Å². The molecule has 2 aromatic carbocycles. The topological polar surface area (TPSA) is 40.7 Å². The van der Waals surface area contributed by atoms with Crippen molar-refractivity contribution in [2.24, 2.45) is 0 Å². The van der Waals surface area contributed by atoms with Crippen LogP contribution in [0.1, 0.15) is 11.6 Å². The first kappa shape index (κ1) is 10.9. The number of H-pyrrole nitrogens is 1. The molecule has 4 rings (SSSR count). The molecule has 0 bridgehead atoms. The number of aromatic amines is 1. The van der Waals surface area contributed by atoms with Gasteiger partial charge in [0, 0.05) is 21.7 Å². The first-order chi connectivity index (χ1) is 9.40. The molecule has 0 fully saturated rings. The van der Waals surface area contributed by atoms with Crippen molar-refractivity contribution in [1.82, 2.24) is 10.2 Å². The van der Waals surface area contributed by atoms with E-state index >= 15 is 0 Å². The van der Waals surface area contributed by atoms with Gasteiger partial charge in [-0.3, -0.25) is 5.10 Å². The van der Waals surface area contributed by atoms with Crippen molar-refractivity contribution in [3.63, 3.8) is 0 Å². The van der Waals surface area contributed by atoms with Crippen LogP contribution in [-0.4, -0.2) is 16.0 Å². The van der Waals surface area contributed by atoms with E-state index in [2.05, 4.69) is 58.0 Å². The van der Waals surface area contributed by atoms with E-state index in [4.69, 9.17) is 0 Å². The van der Waals surface area contributed by atoms with Gasteiger partial charge in [-0.05, 0) is 29.8 Å². The summed E-state index contributed by atoms with van der Waals surface area (Å²) in [5.41, 5.74) is 3.63. The Balaban J connectivity index is 1.65. The summed E-state index contributed by atoms with van der Waals surface area (Å²) in [5.74, 6) is 1.09. The Morgan fingerprint density at radius 1 is 1.21 bits per heavy atom. The number of rotatable bonds is 2. The minimum Gasteiger partial charge on any atom is -0.377 e. The molecule has 1 aliphatic rings. The Morgan fingerprint density at radius 3 is 3.16 bits per heavy atom. The van der Waals surface area contributed by atoms with Gasteiger partial charge in [0.05, 0.1) is 17.8 Å². The zero-order chi connectivity index (χ0) is 12.7. The molecule has 1 atom stereocenters. The molecule has 2 heterocycles. The number of hydrogen-bond donors (Lipinski definition) is 2. The van der Waals surface area contributed by atoms with Crippen molar-refractivity contribution in [3.8, 4) is 0 Å².